The van der Waals surface area contributed by atoms with Gasteiger partial charge in [0.05, 0.1) is 19.8 Å². The van der Waals surface area contributed by atoms with Gasteiger partial charge in [0.25, 0.3) is 0 Å². The quantitative estimate of drug-likeness (QED) is 0.599. The van der Waals surface area contributed by atoms with Crippen molar-refractivity contribution in [3.8, 4) is 5.75 Å². The fourth-order valence-corrected chi connectivity index (χ4v) is 2.83. The summed E-state index contributed by atoms with van der Waals surface area (Å²) in [6.07, 6.45) is 6.74. The molecule has 0 bridgehead atoms. The molecule has 1 saturated carbocycles. The predicted molar refractivity (Wildman–Crippen MR) is 90.2 cm³/mol. The summed E-state index contributed by atoms with van der Waals surface area (Å²) in [7, 11) is 1.64. The van der Waals surface area contributed by atoms with Crippen LogP contribution < -0.4 is 15.8 Å². The van der Waals surface area contributed by atoms with Gasteiger partial charge in [-0.3, -0.25) is 0 Å². The summed E-state index contributed by atoms with van der Waals surface area (Å²) in [5.74, 6) is 0.783. The van der Waals surface area contributed by atoms with E-state index in [-0.39, 0.29) is 0 Å². The van der Waals surface area contributed by atoms with Gasteiger partial charge in [-0.1, -0.05) is 31.5 Å². The van der Waals surface area contributed by atoms with Gasteiger partial charge in [-0.25, -0.2) is 0 Å². The lowest BCUT2D eigenvalue weighted by Crippen LogP contribution is -2.21. The molecule has 0 heterocycles. The zero-order valence-electron chi connectivity index (χ0n) is 12.6. The molecule has 1 aromatic rings. The van der Waals surface area contributed by atoms with Gasteiger partial charge < -0.3 is 20.5 Å². The van der Waals surface area contributed by atoms with Crippen LogP contribution in [0.2, 0.25) is 0 Å². The van der Waals surface area contributed by atoms with Gasteiger partial charge in [0.1, 0.15) is 10.7 Å². The van der Waals surface area contributed by atoms with Crippen molar-refractivity contribution in [2.75, 3.05) is 25.6 Å². The van der Waals surface area contributed by atoms with Gasteiger partial charge in [-0.15, -0.1) is 0 Å². The van der Waals surface area contributed by atoms with E-state index in [9.17, 15) is 0 Å². The predicted octanol–water partition coefficient (Wildman–Crippen LogP) is 3.09. The van der Waals surface area contributed by atoms with Crippen molar-refractivity contribution in [2.24, 2.45) is 5.73 Å². The molecule has 0 saturated heterocycles. The van der Waals surface area contributed by atoms with E-state index in [0.29, 0.717) is 17.7 Å². The Morgan fingerprint density at radius 2 is 2.10 bits per heavy atom. The lowest BCUT2D eigenvalue weighted by molar-refractivity contribution is 0.0347. The van der Waals surface area contributed by atoms with E-state index >= 15 is 0 Å². The number of benzene rings is 1. The summed E-state index contributed by atoms with van der Waals surface area (Å²) in [5.41, 5.74) is 7.48. The number of methoxy groups -OCH3 is 1. The molecule has 1 aromatic carbocycles. The van der Waals surface area contributed by atoms with Crippen molar-refractivity contribution in [3.05, 3.63) is 23.8 Å². The number of anilines is 1. The van der Waals surface area contributed by atoms with E-state index < -0.39 is 0 Å². The molecule has 4 nitrogen and oxygen atoms in total. The Labute approximate surface area is 132 Å². The highest BCUT2D eigenvalue weighted by Crippen LogP contribution is 2.23. The Kier molecular flexibility index (Phi) is 6.26. The van der Waals surface area contributed by atoms with Crippen LogP contribution in [0.1, 0.15) is 37.7 Å². The van der Waals surface area contributed by atoms with Gasteiger partial charge in [0.2, 0.25) is 0 Å². The summed E-state index contributed by atoms with van der Waals surface area (Å²) in [4.78, 5) is 0.383. The van der Waals surface area contributed by atoms with Crippen LogP contribution in [0.15, 0.2) is 18.2 Å². The van der Waals surface area contributed by atoms with E-state index in [0.717, 1.165) is 23.5 Å². The zero-order valence-corrected chi connectivity index (χ0v) is 13.4. The maximum atomic E-state index is 5.90. The molecular weight excluding hydrogens is 284 g/mol. The molecular formula is C16H24N2O2S. The van der Waals surface area contributed by atoms with Crippen LogP contribution >= 0.6 is 12.2 Å². The Balaban J connectivity index is 1.84. The number of nitrogens with one attached hydrogen (secondary N) is 1. The Morgan fingerprint density at radius 3 is 2.76 bits per heavy atom. The van der Waals surface area contributed by atoms with Crippen molar-refractivity contribution in [3.63, 3.8) is 0 Å². The zero-order chi connectivity index (χ0) is 15.1. The largest absolute Gasteiger partial charge is 0.497 e. The van der Waals surface area contributed by atoms with Crippen molar-refractivity contribution >= 4 is 22.9 Å². The normalized spacial score (nSPS) is 15.7. The summed E-state index contributed by atoms with van der Waals surface area (Å²) in [6.45, 7) is 1.43. The monoisotopic (exact) mass is 308 g/mol. The maximum absolute atomic E-state index is 5.90. The smallest absolute Gasteiger partial charge is 0.120 e. The van der Waals surface area contributed by atoms with Crippen LogP contribution in [0.3, 0.4) is 0 Å². The minimum absolute atomic E-state index is 0.383. The first-order valence-corrected chi connectivity index (χ1v) is 7.95. The van der Waals surface area contributed by atoms with Gasteiger partial charge >= 0.3 is 0 Å². The third-order valence-electron chi connectivity index (χ3n) is 3.82. The highest BCUT2D eigenvalue weighted by Gasteiger charge is 2.13. The summed E-state index contributed by atoms with van der Waals surface area (Å²) in [5, 5.41) is 3.34. The first kappa shape index (κ1) is 16.0. The molecule has 0 aromatic heterocycles. The second-order valence-corrected chi connectivity index (χ2v) is 5.77. The second kappa shape index (κ2) is 8.20. The van der Waals surface area contributed by atoms with Crippen LogP contribution in [0.4, 0.5) is 5.69 Å². The van der Waals surface area contributed by atoms with Gasteiger partial charge in [0.15, 0.2) is 0 Å². The molecule has 1 aliphatic rings. The van der Waals surface area contributed by atoms with Crippen LogP contribution in [0.5, 0.6) is 5.75 Å². The van der Waals surface area contributed by atoms with Gasteiger partial charge in [0, 0.05) is 23.9 Å². The Morgan fingerprint density at radius 1 is 1.33 bits per heavy atom. The number of thiocarbonyl (C=S) groups is 1. The Bertz CT molecular complexity index is 473. The third-order valence-corrected chi connectivity index (χ3v) is 4.04. The molecule has 21 heavy (non-hydrogen) atoms. The van der Waals surface area contributed by atoms with Crippen LogP contribution in [-0.4, -0.2) is 31.4 Å². The van der Waals surface area contributed by atoms with Crippen molar-refractivity contribution in [1.29, 1.82) is 0 Å². The molecule has 0 amide bonds. The minimum Gasteiger partial charge on any atom is -0.497 e. The van der Waals surface area contributed by atoms with Crippen LogP contribution in [-0.2, 0) is 4.74 Å². The molecule has 1 aliphatic carbocycles. The first-order valence-electron chi connectivity index (χ1n) is 7.54. The molecule has 116 valence electrons. The fourth-order valence-electron chi connectivity index (χ4n) is 2.65. The molecule has 1 fully saturated rings. The lowest BCUT2D eigenvalue weighted by atomic mass is 9.98. The number of hydrogen-bond donors (Lipinski definition) is 2. The van der Waals surface area contributed by atoms with Crippen molar-refractivity contribution in [1.82, 2.24) is 0 Å². The standard InChI is InChI=1S/C16H24N2O2S/c1-19-13-7-8-14(16(17)21)15(11-13)18-9-10-20-12-5-3-2-4-6-12/h7-8,11-12,18H,2-6,9-10H2,1H3,(H2,17,21). The summed E-state index contributed by atoms with van der Waals surface area (Å²) in [6, 6.07) is 5.65. The average Bonchev–Trinajstić information content (AvgIpc) is 2.52. The SMILES string of the molecule is COc1ccc(C(N)=S)c(NCCOC2CCCCC2)c1. The number of hydrogen-bond acceptors (Lipinski definition) is 4. The highest BCUT2D eigenvalue weighted by molar-refractivity contribution is 7.80. The summed E-state index contributed by atoms with van der Waals surface area (Å²) < 4.78 is 11.1. The first-order chi connectivity index (χ1) is 10.2. The fraction of sp³-hybridized carbons (Fsp3) is 0.562. The second-order valence-electron chi connectivity index (χ2n) is 5.33. The third kappa shape index (κ3) is 4.86. The van der Waals surface area contributed by atoms with Crippen molar-refractivity contribution < 1.29 is 9.47 Å². The van der Waals surface area contributed by atoms with Crippen LogP contribution in [0.25, 0.3) is 0 Å². The highest BCUT2D eigenvalue weighted by atomic mass is 32.1. The van der Waals surface area contributed by atoms with E-state index in [4.69, 9.17) is 27.4 Å². The topological polar surface area (TPSA) is 56.5 Å². The molecule has 0 atom stereocenters. The van der Waals surface area contributed by atoms with Gasteiger partial charge in [-0.2, -0.15) is 0 Å². The minimum atomic E-state index is 0.383. The molecule has 0 unspecified atom stereocenters. The molecule has 0 spiro atoms. The number of ether oxygens (including phenoxy) is 2. The number of rotatable bonds is 7. The molecule has 5 heteroatoms. The van der Waals surface area contributed by atoms with Crippen molar-refractivity contribution in [2.45, 2.75) is 38.2 Å². The van der Waals surface area contributed by atoms with E-state index in [1.165, 1.54) is 32.1 Å². The lowest BCUT2D eigenvalue weighted by Gasteiger charge is -2.22. The molecule has 0 radical (unpaired) electrons. The average molecular weight is 308 g/mol. The van der Waals surface area contributed by atoms with E-state index in [1.807, 2.05) is 18.2 Å². The van der Waals surface area contributed by atoms with Crippen LogP contribution in [0, 0.1) is 0 Å². The molecule has 0 aliphatic heterocycles. The van der Waals surface area contributed by atoms with E-state index in [2.05, 4.69) is 5.32 Å². The number of nitrogens with two attached hydrogens (primary N) is 1. The molecule has 3 N–H and O–H groups in total. The maximum Gasteiger partial charge on any atom is 0.120 e. The van der Waals surface area contributed by atoms with Gasteiger partial charge in [-0.05, 0) is 25.0 Å². The Hall–Kier alpha value is -1.33. The summed E-state index contributed by atoms with van der Waals surface area (Å²) >= 11 is 5.08. The van der Waals surface area contributed by atoms with E-state index in [1.54, 1.807) is 7.11 Å². The molecule has 2 rings (SSSR count).